The van der Waals surface area contributed by atoms with E-state index in [1.165, 1.54) is 0 Å². The lowest BCUT2D eigenvalue weighted by Crippen LogP contribution is -2.03. The summed E-state index contributed by atoms with van der Waals surface area (Å²) >= 11 is 0. The Bertz CT molecular complexity index is 262. The monoisotopic (exact) mass is 196 g/mol. The van der Waals surface area contributed by atoms with Crippen molar-refractivity contribution < 1.29 is 14.6 Å². The molecule has 0 saturated heterocycles. The maximum Gasteiger partial charge on any atom is 0.183 e. The predicted molar refractivity (Wildman–Crippen MR) is 53.8 cm³/mol. The fourth-order valence-electron chi connectivity index (χ4n) is 1.30. The number of rotatable bonds is 4. The van der Waals surface area contributed by atoms with Crippen LogP contribution in [0.1, 0.15) is 30.4 Å². The molecule has 0 aliphatic carbocycles. The second kappa shape index (κ2) is 5.10. The van der Waals surface area contributed by atoms with Gasteiger partial charge >= 0.3 is 0 Å². The Hall–Kier alpha value is -0.900. The molecule has 78 valence electrons. The van der Waals surface area contributed by atoms with E-state index in [0.29, 0.717) is 0 Å². The van der Waals surface area contributed by atoms with Gasteiger partial charge in [-0.2, -0.15) is 0 Å². The van der Waals surface area contributed by atoms with Crippen molar-refractivity contribution in [1.29, 1.82) is 0 Å². The molecule has 1 unspecified atom stereocenters. The zero-order valence-corrected chi connectivity index (χ0v) is 8.73. The van der Waals surface area contributed by atoms with Gasteiger partial charge in [0.25, 0.3) is 0 Å². The van der Waals surface area contributed by atoms with Crippen LogP contribution in [-0.2, 0) is 9.47 Å². The first-order valence-corrected chi connectivity index (χ1v) is 4.52. The minimum absolute atomic E-state index is 0.335. The van der Waals surface area contributed by atoms with E-state index >= 15 is 0 Å². The maximum absolute atomic E-state index is 9.31. The molecular formula is C11H16O3. The van der Waals surface area contributed by atoms with Gasteiger partial charge < -0.3 is 14.6 Å². The van der Waals surface area contributed by atoms with Crippen LogP contribution in [0, 0.1) is 0 Å². The summed E-state index contributed by atoms with van der Waals surface area (Å²) in [6, 6.07) is 7.51. The highest BCUT2D eigenvalue weighted by Crippen LogP contribution is 2.19. The van der Waals surface area contributed by atoms with Crippen molar-refractivity contribution >= 4 is 0 Å². The molecule has 0 fully saturated rings. The van der Waals surface area contributed by atoms with Crippen LogP contribution >= 0.6 is 0 Å². The quantitative estimate of drug-likeness (QED) is 0.749. The molecular weight excluding hydrogens is 180 g/mol. The molecule has 3 heteroatoms. The maximum atomic E-state index is 9.31. The third kappa shape index (κ3) is 2.54. The summed E-state index contributed by atoms with van der Waals surface area (Å²) in [6.07, 6.45) is -0.773. The van der Waals surface area contributed by atoms with Gasteiger partial charge in [0.2, 0.25) is 0 Å². The van der Waals surface area contributed by atoms with E-state index < -0.39 is 6.10 Å². The van der Waals surface area contributed by atoms with Gasteiger partial charge in [-0.1, -0.05) is 24.3 Å². The Morgan fingerprint density at radius 3 is 1.79 bits per heavy atom. The molecule has 0 aliphatic heterocycles. The Kier molecular flexibility index (Phi) is 4.07. The van der Waals surface area contributed by atoms with Gasteiger partial charge in [-0.05, 0) is 12.5 Å². The zero-order valence-electron chi connectivity index (χ0n) is 8.73. The minimum atomic E-state index is -0.437. The molecule has 1 N–H and O–H groups in total. The Labute approximate surface area is 84.3 Å². The molecule has 0 bridgehead atoms. The van der Waals surface area contributed by atoms with Gasteiger partial charge in [0.15, 0.2) is 6.29 Å². The molecule has 0 aromatic heterocycles. The van der Waals surface area contributed by atoms with Crippen molar-refractivity contribution in [3.05, 3.63) is 35.4 Å². The molecule has 0 saturated carbocycles. The lowest BCUT2D eigenvalue weighted by Gasteiger charge is -2.14. The van der Waals surface area contributed by atoms with Crippen LogP contribution in [0.2, 0.25) is 0 Å². The van der Waals surface area contributed by atoms with Crippen molar-refractivity contribution in [2.24, 2.45) is 0 Å². The first-order chi connectivity index (χ1) is 6.69. The number of methoxy groups -OCH3 is 2. The van der Waals surface area contributed by atoms with E-state index in [9.17, 15) is 5.11 Å². The summed E-state index contributed by atoms with van der Waals surface area (Å²) in [4.78, 5) is 0. The van der Waals surface area contributed by atoms with E-state index in [0.717, 1.165) is 11.1 Å². The van der Waals surface area contributed by atoms with Crippen LogP contribution in [0.25, 0.3) is 0 Å². The van der Waals surface area contributed by atoms with E-state index in [1.54, 1.807) is 21.1 Å². The summed E-state index contributed by atoms with van der Waals surface area (Å²) < 4.78 is 10.2. The number of hydrogen-bond donors (Lipinski definition) is 1. The van der Waals surface area contributed by atoms with Crippen LogP contribution in [-0.4, -0.2) is 19.3 Å². The van der Waals surface area contributed by atoms with E-state index in [2.05, 4.69) is 0 Å². The Morgan fingerprint density at radius 2 is 1.43 bits per heavy atom. The molecule has 1 aromatic carbocycles. The average Bonchev–Trinajstić information content (AvgIpc) is 2.20. The standard InChI is InChI=1S/C11H16O3/c1-8(12)9-4-6-10(7-5-9)11(13-2)14-3/h4-8,11-12H,1-3H3. The lowest BCUT2D eigenvalue weighted by molar-refractivity contribution is -0.106. The summed E-state index contributed by atoms with van der Waals surface area (Å²) in [5.41, 5.74) is 1.83. The minimum Gasteiger partial charge on any atom is -0.389 e. The van der Waals surface area contributed by atoms with Crippen molar-refractivity contribution in [3.8, 4) is 0 Å². The zero-order chi connectivity index (χ0) is 10.6. The molecule has 0 aliphatic rings. The molecule has 0 heterocycles. The molecule has 0 radical (unpaired) electrons. The van der Waals surface area contributed by atoms with Crippen molar-refractivity contribution in [3.63, 3.8) is 0 Å². The largest absolute Gasteiger partial charge is 0.389 e. The van der Waals surface area contributed by atoms with Gasteiger partial charge in [0.1, 0.15) is 0 Å². The highest BCUT2D eigenvalue weighted by molar-refractivity contribution is 5.24. The lowest BCUT2D eigenvalue weighted by atomic mass is 10.1. The SMILES string of the molecule is COC(OC)c1ccc(C(C)O)cc1. The van der Waals surface area contributed by atoms with Gasteiger partial charge in [0, 0.05) is 19.8 Å². The summed E-state index contributed by atoms with van der Waals surface area (Å²) in [7, 11) is 3.19. The summed E-state index contributed by atoms with van der Waals surface area (Å²) in [5, 5.41) is 9.31. The smallest absolute Gasteiger partial charge is 0.183 e. The van der Waals surface area contributed by atoms with Crippen molar-refractivity contribution in [2.45, 2.75) is 19.3 Å². The average molecular weight is 196 g/mol. The molecule has 0 amide bonds. The molecule has 0 spiro atoms. The second-order valence-electron chi connectivity index (χ2n) is 3.15. The normalized spacial score (nSPS) is 13.2. The van der Waals surface area contributed by atoms with Gasteiger partial charge in [-0.3, -0.25) is 0 Å². The van der Waals surface area contributed by atoms with Crippen LogP contribution in [0.3, 0.4) is 0 Å². The first-order valence-electron chi connectivity index (χ1n) is 4.52. The number of aliphatic hydroxyl groups is 1. The molecule has 1 atom stereocenters. The van der Waals surface area contributed by atoms with Crippen LogP contribution in [0.15, 0.2) is 24.3 Å². The Morgan fingerprint density at radius 1 is 1.00 bits per heavy atom. The first kappa shape index (κ1) is 11.2. The third-order valence-electron chi connectivity index (χ3n) is 2.12. The number of aliphatic hydroxyl groups excluding tert-OH is 1. The van der Waals surface area contributed by atoms with Crippen LogP contribution in [0.5, 0.6) is 0 Å². The van der Waals surface area contributed by atoms with Gasteiger partial charge in [-0.25, -0.2) is 0 Å². The van der Waals surface area contributed by atoms with Crippen molar-refractivity contribution in [2.75, 3.05) is 14.2 Å². The van der Waals surface area contributed by atoms with Crippen LogP contribution < -0.4 is 0 Å². The Balaban J connectivity index is 2.81. The van der Waals surface area contributed by atoms with E-state index in [1.807, 2.05) is 24.3 Å². The number of ether oxygens (including phenoxy) is 2. The van der Waals surface area contributed by atoms with Gasteiger partial charge in [-0.15, -0.1) is 0 Å². The fourth-order valence-corrected chi connectivity index (χ4v) is 1.30. The number of benzene rings is 1. The second-order valence-corrected chi connectivity index (χ2v) is 3.15. The predicted octanol–water partition coefficient (Wildman–Crippen LogP) is 2.03. The summed E-state index contributed by atoms with van der Waals surface area (Å²) in [5.74, 6) is 0. The fraction of sp³-hybridized carbons (Fsp3) is 0.455. The topological polar surface area (TPSA) is 38.7 Å². The molecule has 1 aromatic rings. The van der Waals surface area contributed by atoms with Crippen LogP contribution in [0.4, 0.5) is 0 Å². The summed E-state index contributed by atoms with van der Waals surface area (Å²) in [6.45, 7) is 1.74. The van der Waals surface area contributed by atoms with Gasteiger partial charge in [0.05, 0.1) is 6.10 Å². The van der Waals surface area contributed by atoms with E-state index in [-0.39, 0.29) is 6.29 Å². The highest BCUT2D eigenvalue weighted by atomic mass is 16.7. The third-order valence-corrected chi connectivity index (χ3v) is 2.12. The highest BCUT2D eigenvalue weighted by Gasteiger charge is 2.08. The molecule has 14 heavy (non-hydrogen) atoms. The van der Waals surface area contributed by atoms with E-state index in [4.69, 9.17) is 9.47 Å². The molecule has 3 nitrogen and oxygen atoms in total. The van der Waals surface area contributed by atoms with Crippen molar-refractivity contribution in [1.82, 2.24) is 0 Å². The number of hydrogen-bond acceptors (Lipinski definition) is 3. The molecule has 1 rings (SSSR count).